The molecule has 3 rings (SSSR count). The number of urea groups is 1. The number of ether oxygens (including phenoxy) is 1. The SMILES string of the molecule is COC[C@H](NC(=O)N1CCS(=O)(=O)C[C@@H]1c1cnn(C)c1)C1CC1. The third-order valence-electron chi connectivity index (χ3n) is 4.65. The Labute approximate surface area is 142 Å². The monoisotopic (exact) mass is 356 g/mol. The highest BCUT2D eigenvalue weighted by molar-refractivity contribution is 7.91. The van der Waals surface area contributed by atoms with Gasteiger partial charge >= 0.3 is 6.03 Å². The second-order valence-corrected chi connectivity index (χ2v) is 8.85. The summed E-state index contributed by atoms with van der Waals surface area (Å²) in [7, 11) is 0.226. The topological polar surface area (TPSA) is 93.5 Å². The highest BCUT2D eigenvalue weighted by Crippen LogP contribution is 2.33. The van der Waals surface area contributed by atoms with Gasteiger partial charge in [0.15, 0.2) is 9.84 Å². The number of sulfone groups is 1. The Morgan fingerprint density at radius 3 is 2.83 bits per heavy atom. The summed E-state index contributed by atoms with van der Waals surface area (Å²) >= 11 is 0. The van der Waals surface area contributed by atoms with Crippen LogP contribution in [0.3, 0.4) is 0 Å². The van der Waals surface area contributed by atoms with E-state index in [9.17, 15) is 13.2 Å². The summed E-state index contributed by atoms with van der Waals surface area (Å²) in [6.07, 6.45) is 5.57. The molecule has 1 aromatic heterocycles. The molecule has 8 nitrogen and oxygen atoms in total. The molecule has 0 spiro atoms. The molecule has 1 saturated heterocycles. The van der Waals surface area contributed by atoms with Gasteiger partial charge in [-0.15, -0.1) is 0 Å². The molecule has 24 heavy (non-hydrogen) atoms. The summed E-state index contributed by atoms with van der Waals surface area (Å²) in [5.41, 5.74) is 0.741. The maximum atomic E-state index is 12.8. The number of nitrogens with zero attached hydrogens (tertiary/aromatic N) is 3. The van der Waals surface area contributed by atoms with E-state index in [-0.39, 0.29) is 30.1 Å². The van der Waals surface area contributed by atoms with Crippen molar-refractivity contribution in [1.82, 2.24) is 20.0 Å². The van der Waals surface area contributed by atoms with E-state index in [1.807, 2.05) is 0 Å². The molecule has 0 aromatic carbocycles. The predicted molar refractivity (Wildman–Crippen MR) is 88.2 cm³/mol. The van der Waals surface area contributed by atoms with Gasteiger partial charge in [-0.25, -0.2) is 13.2 Å². The van der Waals surface area contributed by atoms with Gasteiger partial charge in [0.25, 0.3) is 0 Å². The molecule has 2 heterocycles. The Balaban J connectivity index is 1.77. The van der Waals surface area contributed by atoms with Crippen molar-refractivity contribution in [3.63, 3.8) is 0 Å². The largest absolute Gasteiger partial charge is 0.383 e. The zero-order valence-electron chi connectivity index (χ0n) is 14.0. The van der Waals surface area contributed by atoms with Crippen molar-refractivity contribution >= 4 is 15.9 Å². The third-order valence-corrected chi connectivity index (χ3v) is 6.28. The first-order valence-electron chi connectivity index (χ1n) is 8.14. The van der Waals surface area contributed by atoms with Gasteiger partial charge in [0.1, 0.15) is 0 Å². The number of carbonyl (C=O) groups is 1. The van der Waals surface area contributed by atoms with Crippen molar-refractivity contribution in [2.75, 3.05) is 31.8 Å². The number of nitrogens with one attached hydrogen (secondary N) is 1. The number of amides is 2. The van der Waals surface area contributed by atoms with E-state index in [0.29, 0.717) is 12.5 Å². The van der Waals surface area contributed by atoms with Crippen LogP contribution in [0.4, 0.5) is 4.79 Å². The van der Waals surface area contributed by atoms with E-state index in [2.05, 4.69) is 10.4 Å². The molecule has 1 saturated carbocycles. The minimum absolute atomic E-state index is 0.00441. The summed E-state index contributed by atoms with van der Waals surface area (Å²) in [6.45, 7) is 0.665. The minimum atomic E-state index is -3.16. The molecule has 2 aliphatic rings. The summed E-state index contributed by atoms with van der Waals surface area (Å²) in [6, 6.07) is -0.747. The number of carbonyl (C=O) groups excluding carboxylic acids is 1. The fourth-order valence-corrected chi connectivity index (χ4v) is 4.65. The quantitative estimate of drug-likeness (QED) is 0.820. The number of aromatic nitrogens is 2. The first-order valence-corrected chi connectivity index (χ1v) is 9.97. The summed E-state index contributed by atoms with van der Waals surface area (Å²) in [5.74, 6) is 0.388. The molecule has 1 aliphatic carbocycles. The van der Waals surface area contributed by atoms with Gasteiger partial charge < -0.3 is 15.0 Å². The zero-order chi connectivity index (χ0) is 17.3. The summed E-state index contributed by atoms with van der Waals surface area (Å²) in [5, 5.41) is 7.13. The fraction of sp³-hybridized carbons (Fsp3) is 0.733. The second-order valence-electron chi connectivity index (χ2n) is 6.62. The van der Waals surface area contributed by atoms with E-state index in [4.69, 9.17) is 4.74 Å². The Bertz CT molecular complexity index is 698. The fourth-order valence-electron chi connectivity index (χ4n) is 3.15. The molecule has 2 atom stereocenters. The van der Waals surface area contributed by atoms with Crippen molar-refractivity contribution in [3.8, 4) is 0 Å². The standard InChI is InChI=1S/C15H24N4O4S/c1-18-8-12(7-16-18)14-10-24(21,22)6-5-19(14)15(20)17-13(9-23-2)11-3-4-11/h7-8,11,13-14H,3-6,9-10H2,1-2H3,(H,17,20)/t13-,14+/m0/s1. The van der Waals surface area contributed by atoms with Crippen molar-refractivity contribution in [1.29, 1.82) is 0 Å². The lowest BCUT2D eigenvalue weighted by Gasteiger charge is -2.36. The van der Waals surface area contributed by atoms with E-state index < -0.39 is 15.9 Å². The van der Waals surface area contributed by atoms with Gasteiger partial charge in [0, 0.05) is 32.5 Å². The van der Waals surface area contributed by atoms with Crippen LogP contribution in [0.25, 0.3) is 0 Å². The number of hydrogen-bond acceptors (Lipinski definition) is 5. The van der Waals surface area contributed by atoms with Gasteiger partial charge in [0.05, 0.1) is 36.4 Å². The van der Waals surface area contributed by atoms with Gasteiger partial charge in [-0.3, -0.25) is 4.68 Å². The van der Waals surface area contributed by atoms with Crippen LogP contribution < -0.4 is 5.32 Å². The Hall–Kier alpha value is -1.61. The Morgan fingerprint density at radius 2 is 2.25 bits per heavy atom. The lowest BCUT2D eigenvalue weighted by atomic mass is 10.1. The molecule has 2 amide bonds. The molecule has 9 heteroatoms. The van der Waals surface area contributed by atoms with Crippen LogP contribution in [0.2, 0.25) is 0 Å². The third kappa shape index (κ3) is 3.89. The van der Waals surface area contributed by atoms with Gasteiger partial charge in [-0.05, 0) is 18.8 Å². The number of rotatable bonds is 5. The average Bonchev–Trinajstić information content (AvgIpc) is 3.27. The van der Waals surface area contributed by atoms with Gasteiger partial charge in [0.2, 0.25) is 0 Å². The van der Waals surface area contributed by atoms with Crippen molar-refractivity contribution in [2.45, 2.75) is 24.9 Å². The maximum Gasteiger partial charge on any atom is 0.318 e. The Morgan fingerprint density at radius 1 is 1.50 bits per heavy atom. The van der Waals surface area contributed by atoms with Gasteiger partial charge in [-0.2, -0.15) is 5.10 Å². The minimum Gasteiger partial charge on any atom is -0.383 e. The first kappa shape index (κ1) is 17.2. The van der Waals surface area contributed by atoms with Crippen LogP contribution in [0.15, 0.2) is 12.4 Å². The van der Waals surface area contributed by atoms with Gasteiger partial charge in [-0.1, -0.05) is 0 Å². The van der Waals surface area contributed by atoms with E-state index >= 15 is 0 Å². The summed E-state index contributed by atoms with van der Waals surface area (Å²) in [4.78, 5) is 14.4. The summed E-state index contributed by atoms with van der Waals surface area (Å²) < 4.78 is 30.9. The molecule has 1 aromatic rings. The molecule has 1 aliphatic heterocycles. The van der Waals surface area contributed by atoms with Crippen molar-refractivity contribution < 1.29 is 17.9 Å². The zero-order valence-corrected chi connectivity index (χ0v) is 14.8. The lowest BCUT2D eigenvalue weighted by Crippen LogP contribution is -2.53. The van der Waals surface area contributed by atoms with E-state index in [0.717, 1.165) is 18.4 Å². The molecule has 0 unspecified atom stereocenters. The van der Waals surface area contributed by atoms with Crippen LogP contribution in [-0.2, 0) is 21.6 Å². The highest BCUT2D eigenvalue weighted by Gasteiger charge is 2.38. The predicted octanol–water partition coefficient (Wildman–Crippen LogP) is 0.326. The number of aryl methyl sites for hydroxylation is 1. The Kier molecular flexibility index (Phi) is 4.82. The smallest absolute Gasteiger partial charge is 0.318 e. The van der Waals surface area contributed by atoms with Crippen LogP contribution in [0.5, 0.6) is 0 Å². The molecular formula is C15H24N4O4S. The highest BCUT2D eigenvalue weighted by atomic mass is 32.2. The van der Waals surface area contributed by atoms with Crippen LogP contribution >= 0.6 is 0 Å². The molecule has 0 bridgehead atoms. The lowest BCUT2D eigenvalue weighted by molar-refractivity contribution is 0.141. The normalized spacial score (nSPS) is 24.6. The molecule has 2 fully saturated rings. The number of methoxy groups -OCH3 is 1. The average molecular weight is 356 g/mol. The van der Waals surface area contributed by atoms with Crippen LogP contribution in [0.1, 0.15) is 24.4 Å². The van der Waals surface area contributed by atoms with Crippen molar-refractivity contribution in [3.05, 3.63) is 18.0 Å². The molecule has 1 N–H and O–H groups in total. The van der Waals surface area contributed by atoms with Crippen molar-refractivity contribution in [2.24, 2.45) is 13.0 Å². The number of hydrogen-bond donors (Lipinski definition) is 1. The molecular weight excluding hydrogens is 332 g/mol. The van der Waals surface area contributed by atoms with E-state index in [1.165, 1.54) is 0 Å². The van der Waals surface area contributed by atoms with Crippen LogP contribution in [0, 0.1) is 5.92 Å². The maximum absolute atomic E-state index is 12.8. The van der Waals surface area contributed by atoms with Crippen LogP contribution in [-0.4, -0.2) is 66.9 Å². The second kappa shape index (κ2) is 6.72. The first-order chi connectivity index (χ1) is 11.4. The molecule has 134 valence electrons. The van der Waals surface area contributed by atoms with E-state index in [1.54, 1.807) is 36.1 Å². The molecule has 0 radical (unpaired) electrons.